The van der Waals surface area contributed by atoms with E-state index in [9.17, 15) is 14.8 Å². The molecule has 0 amide bonds. The van der Waals surface area contributed by atoms with Gasteiger partial charge in [0.15, 0.2) is 23.2 Å². The Hall–Kier alpha value is -1.66. The molecule has 3 heterocycles. The Morgan fingerprint density at radius 2 is 2.00 bits per heavy atom. The predicted molar refractivity (Wildman–Crippen MR) is 97.6 cm³/mol. The molecule has 0 radical (unpaired) electrons. The van der Waals surface area contributed by atoms with Crippen molar-refractivity contribution in [3.05, 3.63) is 12.7 Å². The van der Waals surface area contributed by atoms with Crippen LogP contribution >= 0.6 is 7.60 Å². The maximum Gasteiger partial charge on any atom is 0.350 e. The Labute approximate surface area is 160 Å². The van der Waals surface area contributed by atoms with E-state index < -0.39 is 38.5 Å². The van der Waals surface area contributed by atoms with Crippen LogP contribution in [0.25, 0.3) is 11.2 Å². The third kappa shape index (κ3) is 4.18. The lowest BCUT2D eigenvalue weighted by Crippen LogP contribution is -2.34. The van der Waals surface area contributed by atoms with Crippen molar-refractivity contribution in [1.29, 1.82) is 0 Å². The second-order valence-corrected chi connectivity index (χ2v) is 8.52. The van der Waals surface area contributed by atoms with Gasteiger partial charge in [0.25, 0.3) is 0 Å². The lowest BCUT2D eigenvalue weighted by atomic mass is 10.1. The summed E-state index contributed by atoms with van der Waals surface area (Å²) in [5.74, 6) is 0.619. The van der Waals surface area contributed by atoms with Crippen molar-refractivity contribution in [2.24, 2.45) is 0 Å². The summed E-state index contributed by atoms with van der Waals surface area (Å²) < 4.78 is 22.9. The van der Waals surface area contributed by atoms with Crippen molar-refractivity contribution in [3.63, 3.8) is 0 Å². The van der Waals surface area contributed by atoms with Gasteiger partial charge < -0.3 is 34.4 Å². The number of aromatic nitrogens is 4. The van der Waals surface area contributed by atoms with E-state index in [0.29, 0.717) is 17.0 Å². The second kappa shape index (κ2) is 7.99. The Kier molecular flexibility index (Phi) is 6.01. The third-order valence-electron chi connectivity index (χ3n) is 4.60. The van der Waals surface area contributed by atoms with Crippen molar-refractivity contribution >= 4 is 24.6 Å². The van der Waals surface area contributed by atoms with Crippen LogP contribution in [-0.4, -0.2) is 83.9 Å². The van der Waals surface area contributed by atoms with E-state index in [-0.39, 0.29) is 12.6 Å². The van der Waals surface area contributed by atoms with E-state index in [2.05, 4.69) is 15.0 Å². The van der Waals surface area contributed by atoms with Crippen LogP contribution < -0.4 is 4.90 Å². The Balaban J connectivity index is 1.82. The van der Waals surface area contributed by atoms with Crippen LogP contribution in [0.4, 0.5) is 5.82 Å². The molecule has 1 fully saturated rings. The molecule has 28 heavy (non-hydrogen) atoms. The molecule has 13 heteroatoms. The van der Waals surface area contributed by atoms with Crippen LogP contribution in [0.3, 0.4) is 0 Å². The molecule has 156 valence electrons. The molecule has 0 unspecified atom stereocenters. The molecule has 4 N–H and O–H groups in total. The lowest BCUT2D eigenvalue weighted by Gasteiger charge is -2.22. The minimum Gasteiger partial charge on any atom is -0.387 e. The molecule has 0 spiro atoms. The zero-order chi connectivity index (χ0) is 20.6. The molecule has 2 aromatic heterocycles. The highest BCUT2D eigenvalue weighted by Gasteiger charge is 2.44. The summed E-state index contributed by atoms with van der Waals surface area (Å²) in [5.41, 5.74) is 0.940. The fraction of sp³-hybridized carbons (Fsp3) is 0.667. The molecule has 1 aliphatic heterocycles. The zero-order valence-electron chi connectivity index (χ0n) is 15.7. The minimum atomic E-state index is -4.34. The van der Waals surface area contributed by atoms with Gasteiger partial charge in [0.05, 0.1) is 12.9 Å². The highest BCUT2D eigenvalue weighted by molar-refractivity contribution is 7.51. The van der Waals surface area contributed by atoms with Crippen LogP contribution in [0.1, 0.15) is 20.1 Å². The van der Waals surface area contributed by atoms with Crippen LogP contribution in [0.5, 0.6) is 0 Å². The Morgan fingerprint density at radius 3 is 2.64 bits per heavy atom. The molecule has 12 nitrogen and oxygen atoms in total. The maximum absolute atomic E-state index is 10.9. The SMILES string of the molecule is CC(C)N(C)c1ncnc2c1ncn2[C@@H]1O[C@H](COCP(=O)(O)O)[C@@H](O)[C@H]1O. The number of nitrogens with zero attached hydrogens (tertiary/aromatic N) is 5. The minimum absolute atomic E-state index is 0.175. The fourth-order valence-corrected chi connectivity index (χ4v) is 3.26. The van der Waals surface area contributed by atoms with E-state index in [0.717, 1.165) is 0 Å². The van der Waals surface area contributed by atoms with Crippen LogP contribution in [0, 0.1) is 0 Å². The van der Waals surface area contributed by atoms with E-state index in [1.54, 1.807) is 0 Å². The fourth-order valence-electron chi connectivity index (χ4n) is 2.91. The molecule has 0 saturated carbocycles. The van der Waals surface area contributed by atoms with E-state index in [1.807, 2.05) is 25.8 Å². The average molecular weight is 417 g/mol. The van der Waals surface area contributed by atoms with Crippen LogP contribution in [-0.2, 0) is 14.0 Å². The zero-order valence-corrected chi connectivity index (χ0v) is 16.5. The van der Waals surface area contributed by atoms with Gasteiger partial charge in [-0.3, -0.25) is 9.13 Å². The molecular formula is C15H24N5O7P. The van der Waals surface area contributed by atoms with Crippen LogP contribution in [0.15, 0.2) is 12.7 Å². The number of hydrogen-bond acceptors (Lipinski definition) is 9. The first kappa shape index (κ1) is 21.1. The van der Waals surface area contributed by atoms with E-state index in [4.69, 9.17) is 19.3 Å². The standard InChI is InChI=1S/C15H24N5O7P/c1-8(2)19(3)13-10-14(17-5-16-13)20(6-18-10)15-12(22)11(21)9(27-15)4-26-7-28(23,24)25/h5-6,8-9,11-12,15,21-22H,4,7H2,1-3H3,(H2,23,24,25)/t9-,11-,12-,15-/m1/s1. The maximum atomic E-state index is 10.9. The van der Waals surface area contributed by atoms with Gasteiger partial charge in [0.2, 0.25) is 0 Å². The summed E-state index contributed by atoms with van der Waals surface area (Å²) in [5, 5.41) is 20.6. The van der Waals surface area contributed by atoms with Crippen molar-refractivity contribution in [3.8, 4) is 0 Å². The molecule has 2 aromatic rings. The lowest BCUT2D eigenvalue weighted by molar-refractivity contribution is -0.0612. The molecule has 0 bridgehead atoms. The summed E-state index contributed by atoms with van der Waals surface area (Å²) >= 11 is 0. The summed E-state index contributed by atoms with van der Waals surface area (Å²) in [7, 11) is -2.46. The number of fused-ring (bicyclic) bond motifs is 1. The summed E-state index contributed by atoms with van der Waals surface area (Å²) in [6.45, 7) is 3.73. The Morgan fingerprint density at radius 1 is 1.29 bits per heavy atom. The quantitative estimate of drug-likeness (QED) is 0.427. The smallest absolute Gasteiger partial charge is 0.350 e. The Bertz CT molecular complexity index is 872. The first-order valence-electron chi connectivity index (χ1n) is 8.64. The number of aliphatic hydroxyl groups is 2. The second-order valence-electron chi connectivity index (χ2n) is 6.94. The molecule has 1 aliphatic rings. The number of ether oxygens (including phenoxy) is 2. The van der Waals surface area contributed by atoms with Crippen molar-refractivity contribution in [1.82, 2.24) is 19.5 Å². The summed E-state index contributed by atoms with van der Waals surface area (Å²) in [4.78, 5) is 32.4. The highest BCUT2D eigenvalue weighted by Crippen LogP contribution is 2.36. The number of rotatable bonds is 7. The van der Waals surface area contributed by atoms with Crippen molar-refractivity contribution in [2.45, 2.75) is 44.4 Å². The number of imidazole rings is 1. The van der Waals surface area contributed by atoms with E-state index >= 15 is 0 Å². The van der Waals surface area contributed by atoms with Gasteiger partial charge >= 0.3 is 7.60 Å². The monoisotopic (exact) mass is 417 g/mol. The van der Waals surface area contributed by atoms with Crippen molar-refractivity contribution in [2.75, 3.05) is 24.9 Å². The first-order valence-corrected chi connectivity index (χ1v) is 10.4. The van der Waals surface area contributed by atoms with Gasteiger partial charge in [0.1, 0.15) is 31.0 Å². The number of anilines is 1. The molecule has 0 aliphatic carbocycles. The van der Waals surface area contributed by atoms with Gasteiger partial charge in [-0.2, -0.15) is 0 Å². The number of hydrogen-bond donors (Lipinski definition) is 4. The average Bonchev–Trinajstić information content (AvgIpc) is 3.16. The van der Waals surface area contributed by atoms with Gasteiger partial charge in [-0.25, -0.2) is 15.0 Å². The van der Waals surface area contributed by atoms with Crippen LogP contribution in [0.2, 0.25) is 0 Å². The predicted octanol–water partition coefficient (Wildman–Crippen LogP) is -0.558. The van der Waals surface area contributed by atoms with Crippen molar-refractivity contribution < 1.29 is 34.0 Å². The molecule has 0 aromatic carbocycles. The topological polar surface area (TPSA) is 163 Å². The molecule has 1 saturated heterocycles. The first-order chi connectivity index (χ1) is 13.1. The van der Waals surface area contributed by atoms with E-state index in [1.165, 1.54) is 17.2 Å². The summed E-state index contributed by atoms with van der Waals surface area (Å²) in [6, 6.07) is 0.175. The van der Waals surface area contributed by atoms with Gasteiger partial charge in [-0.15, -0.1) is 0 Å². The van der Waals surface area contributed by atoms with Gasteiger partial charge in [-0.05, 0) is 13.8 Å². The largest absolute Gasteiger partial charge is 0.387 e. The summed E-state index contributed by atoms with van der Waals surface area (Å²) in [6.07, 6.45) is -2.55. The number of aliphatic hydroxyl groups excluding tert-OH is 2. The third-order valence-corrected chi connectivity index (χ3v) is 5.12. The molecular weight excluding hydrogens is 393 g/mol. The molecule has 4 atom stereocenters. The molecule has 3 rings (SSSR count). The van der Waals surface area contributed by atoms with Gasteiger partial charge in [0, 0.05) is 13.1 Å². The highest BCUT2D eigenvalue weighted by atomic mass is 31.2. The normalized spacial score (nSPS) is 25.7. The van der Waals surface area contributed by atoms with Gasteiger partial charge in [-0.1, -0.05) is 0 Å².